The smallest absolute Gasteiger partial charge is 0.0489 e. The zero-order valence-corrected chi connectivity index (χ0v) is 10.0. The lowest BCUT2D eigenvalue weighted by Gasteiger charge is -1.98. The van der Waals surface area contributed by atoms with E-state index in [2.05, 4.69) is 15.9 Å². The van der Waals surface area contributed by atoms with Crippen molar-refractivity contribution in [1.82, 2.24) is 0 Å². The average Bonchev–Trinajstić information content (AvgIpc) is 2.09. The molecule has 1 aromatic carbocycles. The molecule has 0 heterocycles. The van der Waals surface area contributed by atoms with Gasteiger partial charge in [-0.05, 0) is 24.1 Å². The summed E-state index contributed by atoms with van der Waals surface area (Å²) >= 11 is 14.9. The molecule has 0 aliphatic heterocycles. The normalized spacial score (nSPS) is 11.0. The molecule has 0 bridgehead atoms. The van der Waals surface area contributed by atoms with Gasteiger partial charge >= 0.3 is 0 Å². The Balaban J connectivity index is 2.77. The van der Waals surface area contributed by atoms with Crippen molar-refractivity contribution in [3.8, 4) is 0 Å². The molecule has 0 aliphatic carbocycles. The molecule has 0 saturated heterocycles. The summed E-state index contributed by atoms with van der Waals surface area (Å²) in [5, 5.41) is 0.750. The molecule has 0 spiro atoms. The van der Waals surface area contributed by atoms with E-state index < -0.39 is 0 Å². The molecule has 0 unspecified atom stereocenters. The third kappa shape index (κ3) is 3.72. The minimum Gasteiger partial charge on any atom is -0.126 e. The summed E-state index contributed by atoms with van der Waals surface area (Å²) < 4.78 is 0.993. The Hall–Kier alpha value is 0.0200. The molecule has 0 fully saturated rings. The minimum atomic E-state index is 0.643. The third-order valence-electron chi connectivity index (χ3n) is 1.54. The summed E-state index contributed by atoms with van der Waals surface area (Å²) in [6, 6.07) is 5.81. The Morgan fingerprint density at radius 3 is 2.77 bits per heavy atom. The fourth-order valence-electron chi connectivity index (χ4n) is 0.910. The second-order valence-corrected chi connectivity index (χ2v) is 4.25. The van der Waals surface area contributed by atoms with Crippen molar-refractivity contribution in [2.24, 2.45) is 0 Å². The van der Waals surface area contributed by atoms with Gasteiger partial charge in [0.05, 0.1) is 0 Å². The van der Waals surface area contributed by atoms with Gasteiger partial charge in [0.1, 0.15) is 0 Å². The number of alkyl halides is 1. The number of hydrogen-bond donors (Lipinski definition) is 0. The largest absolute Gasteiger partial charge is 0.126 e. The van der Waals surface area contributed by atoms with Crippen LogP contribution in [0.25, 0.3) is 6.08 Å². The molecular formula is C10H9BrCl2. The summed E-state index contributed by atoms with van der Waals surface area (Å²) in [6.45, 7) is 0. The molecule has 0 amide bonds. The molecule has 70 valence electrons. The summed E-state index contributed by atoms with van der Waals surface area (Å²) in [5.74, 6) is 0.643. The van der Waals surface area contributed by atoms with Crippen LogP contribution in [0.3, 0.4) is 0 Å². The van der Waals surface area contributed by atoms with Gasteiger partial charge in [-0.15, -0.1) is 11.6 Å². The van der Waals surface area contributed by atoms with Crippen LogP contribution in [0.15, 0.2) is 28.7 Å². The van der Waals surface area contributed by atoms with E-state index in [4.69, 9.17) is 23.2 Å². The van der Waals surface area contributed by atoms with E-state index in [9.17, 15) is 0 Å². The van der Waals surface area contributed by atoms with Crippen molar-refractivity contribution in [2.45, 2.75) is 6.42 Å². The maximum absolute atomic E-state index is 5.99. The highest BCUT2D eigenvalue weighted by atomic mass is 79.9. The number of hydrogen-bond acceptors (Lipinski definition) is 0. The predicted molar refractivity (Wildman–Crippen MR) is 63.5 cm³/mol. The van der Waals surface area contributed by atoms with Gasteiger partial charge < -0.3 is 0 Å². The zero-order valence-electron chi connectivity index (χ0n) is 6.93. The minimum absolute atomic E-state index is 0.643. The monoisotopic (exact) mass is 278 g/mol. The molecule has 1 aromatic rings. The molecule has 0 radical (unpaired) electrons. The number of allylic oxidation sites excluding steroid dienone is 1. The van der Waals surface area contributed by atoms with Gasteiger partial charge in [0.2, 0.25) is 0 Å². The van der Waals surface area contributed by atoms with Crippen molar-refractivity contribution in [3.63, 3.8) is 0 Å². The van der Waals surface area contributed by atoms with Crippen LogP contribution in [0.4, 0.5) is 0 Å². The van der Waals surface area contributed by atoms with Crippen molar-refractivity contribution >= 4 is 45.2 Å². The Morgan fingerprint density at radius 1 is 1.38 bits per heavy atom. The fourth-order valence-corrected chi connectivity index (χ4v) is 1.77. The molecule has 1 rings (SSSR count). The summed E-state index contributed by atoms with van der Waals surface area (Å²) in [5.41, 5.74) is 1.02. The topological polar surface area (TPSA) is 0 Å². The Kier molecular flexibility index (Phi) is 4.86. The molecule has 0 atom stereocenters. The lowest BCUT2D eigenvalue weighted by molar-refractivity contribution is 1.24. The third-order valence-corrected chi connectivity index (χ3v) is 2.57. The first-order valence-corrected chi connectivity index (χ1v) is 5.62. The SMILES string of the molecule is ClCCC=Cc1ccc(Br)cc1Cl. The Morgan fingerprint density at radius 2 is 2.15 bits per heavy atom. The highest BCUT2D eigenvalue weighted by molar-refractivity contribution is 9.10. The lowest BCUT2D eigenvalue weighted by atomic mass is 10.2. The van der Waals surface area contributed by atoms with E-state index in [-0.39, 0.29) is 0 Å². The van der Waals surface area contributed by atoms with Crippen molar-refractivity contribution in [3.05, 3.63) is 39.3 Å². The predicted octanol–water partition coefficient (Wildman–Crippen LogP) is 4.74. The quantitative estimate of drug-likeness (QED) is 0.701. The zero-order chi connectivity index (χ0) is 9.68. The van der Waals surface area contributed by atoms with Crippen LogP contribution in [0, 0.1) is 0 Å². The van der Waals surface area contributed by atoms with Crippen molar-refractivity contribution in [2.75, 3.05) is 5.88 Å². The summed E-state index contributed by atoms with van der Waals surface area (Å²) in [4.78, 5) is 0. The van der Waals surface area contributed by atoms with Gasteiger partial charge in [-0.25, -0.2) is 0 Å². The van der Waals surface area contributed by atoms with Crippen LogP contribution in [0.2, 0.25) is 5.02 Å². The van der Waals surface area contributed by atoms with Crippen LogP contribution in [0.1, 0.15) is 12.0 Å². The number of halogens is 3. The number of benzene rings is 1. The maximum atomic E-state index is 5.99. The average molecular weight is 280 g/mol. The highest BCUT2D eigenvalue weighted by Crippen LogP contribution is 2.22. The molecule has 0 N–H and O–H groups in total. The van der Waals surface area contributed by atoms with Crippen LogP contribution < -0.4 is 0 Å². The van der Waals surface area contributed by atoms with E-state index in [1.807, 2.05) is 30.4 Å². The maximum Gasteiger partial charge on any atom is 0.0489 e. The van der Waals surface area contributed by atoms with Crippen LogP contribution in [0.5, 0.6) is 0 Å². The second kappa shape index (κ2) is 5.69. The first-order chi connectivity index (χ1) is 6.24. The van der Waals surface area contributed by atoms with E-state index in [0.717, 1.165) is 21.5 Å². The van der Waals surface area contributed by atoms with Gasteiger partial charge in [-0.1, -0.05) is 45.7 Å². The van der Waals surface area contributed by atoms with E-state index in [0.29, 0.717) is 5.88 Å². The molecule has 3 heteroatoms. The van der Waals surface area contributed by atoms with E-state index in [1.165, 1.54) is 0 Å². The summed E-state index contributed by atoms with van der Waals surface area (Å²) in [7, 11) is 0. The van der Waals surface area contributed by atoms with Gasteiger partial charge in [-0.3, -0.25) is 0 Å². The van der Waals surface area contributed by atoms with Crippen molar-refractivity contribution in [1.29, 1.82) is 0 Å². The standard InChI is InChI=1S/C10H9BrCl2/c11-9-5-4-8(10(13)7-9)3-1-2-6-12/h1,3-5,7H,2,6H2. The van der Waals surface area contributed by atoms with Gasteiger partial charge in [0.25, 0.3) is 0 Å². The van der Waals surface area contributed by atoms with Crippen LogP contribution in [-0.2, 0) is 0 Å². The molecule has 0 saturated carbocycles. The number of rotatable bonds is 3. The van der Waals surface area contributed by atoms with Gasteiger partial charge in [-0.2, -0.15) is 0 Å². The first-order valence-electron chi connectivity index (χ1n) is 3.91. The molecule has 0 aliphatic rings. The van der Waals surface area contributed by atoms with Crippen molar-refractivity contribution < 1.29 is 0 Å². The Labute approximate surface area is 96.7 Å². The first kappa shape index (κ1) is 11.1. The van der Waals surface area contributed by atoms with Crippen LogP contribution in [-0.4, -0.2) is 5.88 Å². The molecule has 0 aromatic heterocycles. The highest BCUT2D eigenvalue weighted by Gasteiger charge is 1.95. The van der Waals surface area contributed by atoms with Crippen LogP contribution >= 0.6 is 39.1 Å². The Bertz CT molecular complexity index is 308. The van der Waals surface area contributed by atoms with Gasteiger partial charge in [0, 0.05) is 15.4 Å². The molecule has 0 nitrogen and oxygen atoms in total. The van der Waals surface area contributed by atoms with E-state index in [1.54, 1.807) is 0 Å². The molecular weight excluding hydrogens is 271 g/mol. The van der Waals surface area contributed by atoms with Gasteiger partial charge in [0.15, 0.2) is 0 Å². The molecule has 13 heavy (non-hydrogen) atoms. The van der Waals surface area contributed by atoms with E-state index >= 15 is 0 Å². The lowest BCUT2D eigenvalue weighted by Crippen LogP contribution is -1.75. The second-order valence-electron chi connectivity index (χ2n) is 2.55. The summed E-state index contributed by atoms with van der Waals surface area (Å²) in [6.07, 6.45) is 4.87. The fraction of sp³-hybridized carbons (Fsp3) is 0.200.